The van der Waals surface area contributed by atoms with Crippen LogP contribution in [-0.4, -0.2) is 0 Å². The lowest BCUT2D eigenvalue weighted by molar-refractivity contribution is 0.936. The third-order valence-corrected chi connectivity index (χ3v) is 2.95. The van der Waals surface area contributed by atoms with Crippen LogP contribution >= 0.6 is 0 Å². The van der Waals surface area contributed by atoms with E-state index in [1.165, 1.54) is 35.1 Å². The summed E-state index contributed by atoms with van der Waals surface area (Å²) in [5.41, 5.74) is 5.83. The topological polar surface area (TPSA) is 0 Å². The van der Waals surface area contributed by atoms with Crippen molar-refractivity contribution < 1.29 is 0 Å². The van der Waals surface area contributed by atoms with Gasteiger partial charge in [0.05, 0.1) is 0 Å². The molecule has 72 valence electrons. The van der Waals surface area contributed by atoms with Crippen LogP contribution in [0.2, 0.25) is 0 Å². The molecule has 0 heteroatoms. The zero-order valence-electron chi connectivity index (χ0n) is 8.88. The molecule has 0 heterocycles. The maximum Gasteiger partial charge on any atom is -0.0152 e. The highest BCUT2D eigenvalue weighted by Crippen LogP contribution is 2.34. The molecular weight excluding hydrogens is 168 g/mol. The van der Waals surface area contributed by atoms with Gasteiger partial charge >= 0.3 is 0 Å². The first-order valence-electron chi connectivity index (χ1n) is 5.27. The van der Waals surface area contributed by atoms with Crippen LogP contribution in [0.5, 0.6) is 0 Å². The van der Waals surface area contributed by atoms with Crippen LogP contribution < -0.4 is 0 Å². The third kappa shape index (κ3) is 1.41. The van der Waals surface area contributed by atoms with E-state index in [2.05, 4.69) is 50.3 Å². The summed E-state index contributed by atoms with van der Waals surface area (Å²) < 4.78 is 0. The van der Waals surface area contributed by atoms with E-state index >= 15 is 0 Å². The quantitative estimate of drug-likeness (QED) is 0.572. The van der Waals surface area contributed by atoms with Crippen LogP contribution in [0.1, 0.15) is 31.4 Å². The molecule has 0 saturated carbocycles. The zero-order valence-corrected chi connectivity index (χ0v) is 8.88. The summed E-state index contributed by atoms with van der Waals surface area (Å²) in [5, 5.41) is 0. The summed E-state index contributed by atoms with van der Waals surface area (Å²) in [4.78, 5) is 0. The Morgan fingerprint density at radius 1 is 1.00 bits per heavy atom. The van der Waals surface area contributed by atoms with Gasteiger partial charge in [0.25, 0.3) is 0 Å². The molecule has 1 aromatic rings. The fourth-order valence-electron chi connectivity index (χ4n) is 2.22. The van der Waals surface area contributed by atoms with Crippen molar-refractivity contribution in [2.24, 2.45) is 0 Å². The Morgan fingerprint density at radius 3 is 2.50 bits per heavy atom. The molecule has 0 atom stereocenters. The number of fused-ring (bicyclic) bond motifs is 1. The van der Waals surface area contributed by atoms with E-state index < -0.39 is 0 Å². The first kappa shape index (κ1) is 9.26. The minimum Gasteiger partial charge on any atom is -0.0838 e. The number of aryl methyl sites for hydroxylation is 1. The van der Waals surface area contributed by atoms with Gasteiger partial charge in [0.1, 0.15) is 0 Å². The van der Waals surface area contributed by atoms with Crippen LogP contribution in [0.25, 0.3) is 5.57 Å². The Kier molecular flexibility index (Phi) is 2.53. The molecular formula is C14H16. The lowest BCUT2D eigenvalue weighted by atomic mass is 9.83. The summed E-state index contributed by atoms with van der Waals surface area (Å²) >= 11 is 0. The fraction of sp³-hybridized carbons (Fsp3) is 0.286. The summed E-state index contributed by atoms with van der Waals surface area (Å²) in [6.45, 7) is 4.26. The number of benzene rings is 1. The monoisotopic (exact) mass is 184 g/mol. The van der Waals surface area contributed by atoms with Gasteiger partial charge in [-0.05, 0) is 49.0 Å². The summed E-state index contributed by atoms with van der Waals surface area (Å²) in [6.07, 6.45) is 6.85. The molecule has 1 aliphatic carbocycles. The van der Waals surface area contributed by atoms with Crippen LogP contribution in [0.15, 0.2) is 42.0 Å². The second-order valence-corrected chi connectivity index (χ2v) is 3.67. The van der Waals surface area contributed by atoms with Crippen LogP contribution in [0, 0.1) is 0 Å². The first-order valence-corrected chi connectivity index (χ1v) is 5.27. The molecule has 1 aliphatic rings. The van der Waals surface area contributed by atoms with E-state index in [9.17, 15) is 0 Å². The maximum atomic E-state index is 2.24. The predicted octanol–water partition coefficient (Wildman–Crippen LogP) is 3.98. The van der Waals surface area contributed by atoms with Gasteiger partial charge in [0.2, 0.25) is 0 Å². The molecule has 14 heavy (non-hydrogen) atoms. The van der Waals surface area contributed by atoms with Crippen molar-refractivity contribution in [3.05, 3.63) is 53.1 Å². The lowest BCUT2D eigenvalue weighted by Crippen LogP contribution is -2.04. The Labute approximate surface area is 86.0 Å². The van der Waals surface area contributed by atoms with Crippen molar-refractivity contribution >= 4 is 5.57 Å². The van der Waals surface area contributed by atoms with Crippen LogP contribution in [-0.2, 0) is 6.42 Å². The molecule has 1 aromatic carbocycles. The normalized spacial score (nSPS) is 21.3. The van der Waals surface area contributed by atoms with E-state index in [-0.39, 0.29) is 0 Å². The van der Waals surface area contributed by atoms with Gasteiger partial charge in [-0.2, -0.15) is 0 Å². The van der Waals surface area contributed by atoms with E-state index in [4.69, 9.17) is 0 Å². The van der Waals surface area contributed by atoms with Crippen LogP contribution in [0.3, 0.4) is 0 Å². The van der Waals surface area contributed by atoms with Crippen LogP contribution in [0.4, 0.5) is 0 Å². The van der Waals surface area contributed by atoms with Gasteiger partial charge in [-0.1, -0.05) is 36.4 Å². The maximum absolute atomic E-state index is 2.24. The Hall–Kier alpha value is -1.30. The number of hydrogen-bond donors (Lipinski definition) is 0. The molecule has 0 N–H and O–H groups in total. The first-order chi connectivity index (χ1) is 6.86. The number of rotatable bonds is 0. The van der Waals surface area contributed by atoms with Gasteiger partial charge in [0, 0.05) is 0 Å². The molecule has 0 aliphatic heterocycles. The molecule has 0 nitrogen and oxygen atoms in total. The largest absolute Gasteiger partial charge is 0.0838 e. The Balaban J connectivity index is 2.56. The zero-order chi connectivity index (χ0) is 9.97. The average Bonchev–Trinajstić information content (AvgIpc) is 2.27. The molecule has 0 radical (unpaired) electrons. The Bertz CT molecular complexity index is 394. The second-order valence-electron chi connectivity index (χ2n) is 3.67. The van der Waals surface area contributed by atoms with Crippen molar-refractivity contribution in [1.29, 1.82) is 0 Å². The highest BCUT2D eigenvalue weighted by molar-refractivity contribution is 5.82. The Morgan fingerprint density at radius 2 is 1.79 bits per heavy atom. The molecule has 0 bridgehead atoms. The second kappa shape index (κ2) is 3.83. The number of hydrogen-bond acceptors (Lipinski definition) is 0. The SMILES string of the molecule is C/C=C1/CCc2ccccc2/C1=C/C. The van der Waals surface area contributed by atoms with Crippen molar-refractivity contribution in [3.63, 3.8) is 0 Å². The fourth-order valence-corrected chi connectivity index (χ4v) is 2.22. The molecule has 0 spiro atoms. The van der Waals surface area contributed by atoms with Gasteiger partial charge in [0.15, 0.2) is 0 Å². The van der Waals surface area contributed by atoms with E-state index in [1.54, 1.807) is 0 Å². The summed E-state index contributed by atoms with van der Waals surface area (Å²) in [6, 6.07) is 8.73. The molecule has 2 rings (SSSR count). The predicted molar refractivity (Wildman–Crippen MR) is 62.2 cm³/mol. The standard InChI is InChI=1S/C14H16/c1-3-11-9-10-12-7-5-6-8-14(12)13(11)4-2/h3-8H,9-10H2,1-2H3/b11-3-,13-4+. The van der Waals surface area contributed by atoms with Crippen molar-refractivity contribution in [2.45, 2.75) is 26.7 Å². The number of allylic oxidation sites excluding steroid dienone is 4. The molecule has 0 unspecified atom stereocenters. The van der Waals surface area contributed by atoms with Gasteiger partial charge in [-0.3, -0.25) is 0 Å². The molecule has 0 aromatic heterocycles. The highest BCUT2D eigenvalue weighted by Gasteiger charge is 2.15. The van der Waals surface area contributed by atoms with Crippen molar-refractivity contribution in [1.82, 2.24) is 0 Å². The molecule has 0 saturated heterocycles. The van der Waals surface area contributed by atoms with E-state index in [1.807, 2.05) is 0 Å². The summed E-state index contributed by atoms with van der Waals surface area (Å²) in [5.74, 6) is 0. The summed E-state index contributed by atoms with van der Waals surface area (Å²) in [7, 11) is 0. The smallest absolute Gasteiger partial charge is 0.0152 e. The van der Waals surface area contributed by atoms with Crippen molar-refractivity contribution in [3.8, 4) is 0 Å². The van der Waals surface area contributed by atoms with Gasteiger partial charge in [-0.25, -0.2) is 0 Å². The van der Waals surface area contributed by atoms with Crippen molar-refractivity contribution in [2.75, 3.05) is 0 Å². The lowest BCUT2D eigenvalue weighted by Gasteiger charge is -2.21. The van der Waals surface area contributed by atoms with E-state index in [0.717, 1.165) is 0 Å². The van der Waals surface area contributed by atoms with Gasteiger partial charge in [-0.15, -0.1) is 0 Å². The minimum atomic E-state index is 1.19. The average molecular weight is 184 g/mol. The van der Waals surface area contributed by atoms with Gasteiger partial charge < -0.3 is 0 Å². The van der Waals surface area contributed by atoms with E-state index in [0.29, 0.717) is 0 Å². The third-order valence-electron chi connectivity index (χ3n) is 2.95. The molecule has 0 fully saturated rings. The minimum absolute atomic E-state index is 1.19. The molecule has 0 amide bonds. The highest BCUT2D eigenvalue weighted by atomic mass is 14.2.